The van der Waals surface area contributed by atoms with Crippen LogP contribution in [0.15, 0.2) is 35.2 Å². The van der Waals surface area contributed by atoms with Gasteiger partial charge in [-0.05, 0) is 25.8 Å². The van der Waals surface area contributed by atoms with Crippen LogP contribution in [0.2, 0.25) is 5.15 Å². The highest BCUT2D eigenvalue weighted by atomic mass is 35.5. The van der Waals surface area contributed by atoms with Crippen molar-refractivity contribution in [2.24, 2.45) is 0 Å². The molecule has 1 aromatic carbocycles. The van der Waals surface area contributed by atoms with Crippen molar-refractivity contribution < 1.29 is 4.74 Å². The molecule has 0 saturated carbocycles. The first kappa shape index (κ1) is 17.1. The van der Waals surface area contributed by atoms with E-state index in [1.165, 1.54) is 0 Å². The van der Waals surface area contributed by atoms with E-state index >= 15 is 0 Å². The van der Waals surface area contributed by atoms with E-state index in [4.69, 9.17) is 21.3 Å². The van der Waals surface area contributed by atoms with Gasteiger partial charge in [0.05, 0.1) is 28.3 Å². The molecule has 0 spiro atoms. The van der Waals surface area contributed by atoms with E-state index in [-0.39, 0.29) is 6.10 Å². The zero-order chi connectivity index (χ0) is 18.4. The van der Waals surface area contributed by atoms with Crippen LogP contribution in [0, 0.1) is 0 Å². The molecule has 1 fully saturated rings. The molecule has 0 bridgehead atoms. The van der Waals surface area contributed by atoms with Crippen molar-refractivity contribution in [3.8, 4) is 0 Å². The number of halogens is 1. The molecule has 0 N–H and O–H groups in total. The molecule has 0 amide bonds. The predicted octanol–water partition coefficient (Wildman–Crippen LogP) is 5.03. The minimum absolute atomic E-state index is 0.233. The number of hydrogen-bond acceptors (Lipinski definition) is 5. The van der Waals surface area contributed by atoms with Crippen molar-refractivity contribution in [3.05, 3.63) is 51.8 Å². The molecule has 2 atom stereocenters. The Kier molecular flexibility index (Phi) is 4.34. The van der Waals surface area contributed by atoms with Gasteiger partial charge in [0.1, 0.15) is 11.3 Å². The molecule has 1 saturated heterocycles. The number of para-hydroxylation sites is 1. The lowest BCUT2D eigenvalue weighted by atomic mass is 10.0. The Hall–Kier alpha value is -2.02. The Morgan fingerprint density at radius 2 is 2.19 bits per heavy atom. The van der Waals surface area contributed by atoms with Crippen molar-refractivity contribution in [3.63, 3.8) is 0 Å². The zero-order valence-electron chi connectivity index (χ0n) is 14.9. The standard InChI is InChI=1S/C20H19ClN4OS/c1-12-8-14(6-7-26-12)25-17(9-13-10-27-11-22-13)24-18-19(25)15-4-2-3-5-16(15)23-20(18)21/h2-5,10-12,14H,6-9H2,1H3/t12-,14-/m1/s1. The monoisotopic (exact) mass is 398 g/mol. The van der Waals surface area contributed by atoms with Gasteiger partial charge in [-0.1, -0.05) is 29.8 Å². The van der Waals surface area contributed by atoms with Crippen molar-refractivity contribution in [2.75, 3.05) is 6.61 Å². The topological polar surface area (TPSA) is 52.8 Å². The van der Waals surface area contributed by atoms with Crippen LogP contribution in [-0.2, 0) is 11.2 Å². The van der Waals surface area contributed by atoms with Crippen molar-refractivity contribution >= 4 is 44.9 Å². The molecule has 5 rings (SSSR count). The molecule has 0 aliphatic carbocycles. The van der Waals surface area contributed by atoms with Crippen LogP contribution < -0.4 is 0 Å². The Balaban J connectivity index is 1.78. The molecular weight excluding hydrogens is 380 g/mol. The fourth-order valence-electron chi connectivity index (χ4n) is 4.02. The van der Waals surface area contributed by atoms with E-state index in [1.807, 2.05) is 23.7 Å². The summed E-state index contributed by atoms with van der Waals surface area (Å²) in [5.41, 5.74) is 5.65. The van der Waals surface area contributed by atoms with Crippen molar-refractivity contribution in [1.29, 1.82) is 0 Å². The third-order valence-corrected chi connectivity index (χ3v) is 6.10. The minimum atomic E-state index is 0.233. The van der Waals surface area contributed by atoms with Gasteiger partial charge in [0.25, 0.3) is 0 Å². The van der Waals surface area contributed by atoms with Crippen LogP contribution in [-0.4, -0.2) is 32.2 Å². The number of nitrogens with zero attached hydrogens (tertiary/aromatic N) is 4. The fraction of sp³-hybridized carbons (Fsp3) is 0.350. The van der Waals surface area contributed by atoms with E-state index in [1.54, 1.807) is 11.3 Å². The van der Waals surface area contributed by atoms with Crippen molar-refractivity contribution in [2.45, 2.75) is 38.3 Å². The Morgan fingerprint density at radius 3 is 3.00 bits per heavy atom. The molecule has 3 aromatic heterocycles. The smallest absolute Gasteiger partial charge is 0.157 e. The second kappa shape index (κ2) is 6.86. The van der Waals surface area contributed by atoms with E-state index in [0.29, 0.717) is 17.6 Å². The Morgan fingerprint density at radius 1 is 1.30 bits per heavy atom. The van der Waals surface area contributed by atoms with Gasteiger partial charge < -0.3 is 9.30 Å². The second-order valence-electron chi connectivity index (χ2n) is 7.03. The molecule has 0 unspecified atom stereocenters. The Labute approximate surface area is 166 Å². The summed E-state index contributed by atoms with van der Waals surface area (Å²) in [4.78, 5) is 14.0. The number of rotatable bonds is 3. The highest BCUT2D eigenvalue weighted by Crippen LogP contribution is 2.36. The predicted molar refractivity (Wildman–Crippen MR) is 109 cm³/mol. The number of pyridine rings is 1. The van der Waals surface area contributed by atoms with Crippen LogP contribution in [0.1, 0.15) is 37.3 Å². The van der Waals surface area contributed by atoms with E-state index in [0.717, 1.165) is 52.9 Å². The van der Waals surface area contributed by atoms with Crippen LogP contribution in [0.4, 0.5) is 0 Å². The maximum absolute atomic E-state index is 6.55. The maximum atomic E-state index is 6.55. The lowest BCUT2D eigenvalue weighted by Crippen LogP contribution is -2.26. The summed E-state index contributed by atoms with van der Waals surface area (Å²) in [5.74, 6) is 0.995. The lowest BCUT2D eigenvalue weighted by Gasteiger charge is -2.30. The van der Waals surface area contributed by atoms with Gasteiger partial charge in [-0.2, -0.15) is 0 Å². The second-order valence-corrected chi connectivity index (χ2v) is 8.11. The number of hydrogen-bond donors (Lipinski definition) is 0. The molecule has 27 heavy (non-hydrogen) atoms. The number of thiazole rings is 1. The summed E-state index contributed by atoms with van der Waals surface area (Å²) < 4.78 is 8.17. The van der Waals surface area contributed by atoms with Gasteiger partial charge in [-0.15, -0.1) is 11.3 Å². The summed E-state index contributed by atoms with van der Waals surface area (Å²) in [5, 5.41) is 3.63. The zero-order valence-corrected chi connectivity index (χ0v) is 16.5. The van der Waals surface area contributed by atoms with E-state index in [9.17, 15) is 0 Å². The lowest BCUT2D eigenvalue weighted by molar-refractivity contribution is 0.00631. The van der Waals surface area contributed by atoms with Gasteiger partial charge in [0.15, 0.2) is 5.15 Å². The average molecular weight is 399 g/mol. The fourth-order valence-corrected chi connectivity index (χ4v) is 4.81. The summed E-state index contributed by atoms with van der Waals surface area (Å²) >= 11 is 8.15. The molecule has 7 heteroatoms. The molecule has 1 aliphatic heterocycles. The Bertz CT molecular complexity index is 1110. The summed E-state index contributed by atoms with van der Waals surface area (Å²) in [6, 6.07) is 8.47. The van der Waals surface area contributed by atoms with Gasteiger partial charge in [-0.25, -0.2) is 15.0 Å². The van der Waals surface area contributed by atoms with Crippen LogP contribution in [0.5, 0.6) is 0 Å². The summed E-state index contributed by atoms with van der Waals surface area (Å²) in [7, 11) is 0. The molecular formula is C20H19ClN4OS. The van der Waals surface area contributed by atoms with Crippen LogP contribution >= 0.6 is 22.9 Å². The number of aromatic nitrogens is 4. The quantitative estimate of drug-likeness (QED) is 0.454. The third kappa shape index (κ3) is 3.02. The maximum Gasteiger partial charge on any atom is 0.157 e. The molecule has 5 nitrogen and oxygen atoms in total. The number of imidazole rings is 1. The molecule has 138 valence electrons. The summed E-state index contributed by atoms with van der Waals surface area (Å²) in [6.07, 6.45) is 2.85. The first-order valence-electron chi connectivity index (χ1n) is 9.14. The molecule has 4 heterocycles. The number of fused-ring (bicyclic) bond motifs is 3. The molecule has 1 aliphatic rings. The first-order valence-corrected chi connectivity index (χ1v) is 10.5. The first-order chi connectivity index (χ1) is 13.2. The molecule has 4 aromatic rings. The van der Waals surface area contributed by atoms with Gasteiger partial charge in [0.2, 0.25) is 0 Å². The van der Waals surface area contributed by atoms with Crippen LogP contribution in [0.25, 0.3) is 21.9 Å². The van der Waals surface area contributed by atoms with Crippen molar-refractivity contribution in [1.82, 2.24) is 19.5 Å². The average Bonchev–Trinajstić information content (AvgIpc) is 3.30. The van der Waals surface area contributed by atoms with Gasteiger partial charge in [0, 0.05) is 29.8 Å². The summed E-state index contributed by atoms with van der Waals surface area (Å²) in [6.45, 7) is 2.90. The number of benzene rings is 1. The normalized spacial score (nSPS) is 20.5. The van der Waals surface area contributed by atoms with E-state index in [2.05, 4.69) is 32.9 Å². The largest absolute Gasteiger partial charge is 0.378 e. The number of ether oxygens (including phenoxy) is 1. The third-order valence-electron chi connectivity index (χ3n) is 5.20. The highest BCUT2D eigenvalue weighted by molar-refractivity contribution is 7.07. The van der Waals surface area contributed by atoms with Gasteiger partial charge >= 0.3 is 0 Å². The van der Waals surface area contributed by atoms with E-state index < -0.39 is 0 Å². The minimum Gasteiger partial charge on any atom is -0.378 e. The van der Waals surface area contributed by atoms with Gasteiger partial charge in [-0.3, -0.25) is 0 Å². The SMILES string of the molecule is C[C@@H]1C[C@H](n2c(Cc3cscn3)nc3c(Cl)nc4ccccc4c32)CCO1. The molecule has 0 radical (unpaired) electrons. The van der Waals surface area contributed by atoms with Crippen LogP contribution in [0.3, 0.4) is 0 Å². The highest BCUT2D eigenvalue weighted by Gasteiger charge is 2.27.